The third-order valence-corrected chi connectivity index (χ3v) is 20.7. The molecule has 3 fully saturated rings. The number of rotatable bonds is 14. The fourth-order valence-electron chi connectivity index (χ4n) is 13.3. The van der Waals surface area contributed by atoms with Crippen molar-refractivity contribution in [3.05, 3.63) is 42.8 Å². The van der Waals surface area contributed by atoms with Gasteiger partial charge in [0.15, 0.2) is 5.78 Å². The lowest BCUT2D eigenvalue weighted by atomic mass is 9.96. The van der Waals surface area contributed by atoms with Crippen molar-refractivity contribution >= 4 is 92.8 Å². The number of hydrogen-bond donors (Lipinski definition) is 8. The second-order valence-electron chi connectivity index (χ2n) is 26.0. The number of amides is 9. The summed E-state index contributed by atoms with van der Waals surface area (Å²) in [5, 5.41) is 17.7. The van der Waals surface area contributed by atoms with Crippen LogP contribution in [0.3, 0.4) is 0 Å². The van der Waals surface area contributed by atoms with Crippen molar-refractivity contribution in [2.75, 3.05) is 32.7 Å². The fraction of sp³-hybridized carbons (Fsp3) is 0.692. The Kier molecular flexibility index (Phi) is 24.9. The molecule has 10 N–H and O–H groups in total. The first kappa shape index (κ1) is 69.4. The number of carbonyl (C=O) groups is 10. The molecule has 4 aliphatic heterocycles. The molecule has 0 unspecified atom stereocenters. The minimum absolute atomic E-state index is 0.0477. The van der Waals surface area contributed by atoms with Gasteiger partial charge in [-0.2, -0.15) is 0 Å². The zero-order valence-corrected chi connectivity index (χ0v) is 55.2. The van der Waals surface area contributed by atoms with Crippen molar-refractivity contribution in [1.82, 2.24) is 46.6 Å². The van der Waals surface area contributed by atoms with E-state index in [2.05, 4.69) is 31.9 Å². The van der Waals surface area contributed by atoms with Gasteiger partial charge in [-0.1, -0.05) is 68.2 Å². The van der Waals surface area contributed by atoms with Crippen molar-refractivity contribution in [2.24, 2.45) is 35.1 Å². The molecule has 7 rings (SSSR count). The molecular weight excluding hydrogens is 1160 g/mol. The molecule has 6 heterocycles. The summed E-state index contributed by atoms with van der Waals surface area (Å²) in [6.45, 7) is 20.4. The zero-order valence-electron chi connectivity index (χ0n) is 53.6. The summed E-state index contributed by atoms with van der Waals surface area (Å²) in [6.07, 6.45) is 7.46. The van der Waals surface area contributed by atoms with E-state index in [1.165, 1.54) is 32.5 Å². The van der Waals surface area contributed by atoms with Crippen LogP contribution >= 0.6 is 22.7 Å². The quantitative estimate of drug-likeness (QED) is 0.110. The zero-order chi connectivity index (χ0) is 64.3. The number of Topliss-reactive ketones (excluding diaryl/α,β-unsaturated/α-hetero) is 1. The Labute approximate surface area is 528 Å². The van der Waals surface area contributed by atoms with E-state index in [1.54, 1.807) is 4.90 Å². The molecule has 0 spiro atoms. The van der Waals surface area contributed by atoms with Crippen LogP contribution in [-0.4, -0.2) is 161 Å². The number of aryl methyl sites for hydroxylation is 2. The number of fused-ring (bicyclic) bond motifs is 9. The SMILES string of the molecule is CC[C@H](C)[C@@H]1NC(=O)c2cc(c(C)s2)C2=C(CCC2)c2cc(sc2C)C(=O)[C@H]2CCCN2C(=O)[C@H](CC(C)C)NC(=O)[C@H](CCCN)NC(=O)[C@H]([C@@H](C)CC)NC(=O)[C@@H]2CCCN2C(=O)[C@H]2CCCN2C(=O)[C@H](CC(C)C)NC(=O)[C@H](CCCN)NC1=O. The number of nitrogens with zero attached hydrogens (tertiary/aromatic N) is 3. The Balaban J connectivity index is 1.26. The molecule has 4 bridgehead atoms. The molecule has 0 saturated carbocycles. The molecule has 23 heteroatoms. The first-order valence-electron chi connectivity index (χ1n) is 32.5. The monoisotopic (exact) mass is 1260 g/mol. The van der Waals surface area contributed by atoms with Crippen LogP contribution in [0.2, 0.25) is 0 Å². The van der Waals surface area contributed by atoms with Crippen LogP contribution in [0.15, 0.2) is 12.1 Å². The topological polar surface area (TPSA) is 305 Å². The molecule has 1 aliphatic carbocycles. The Morgan fingerprint density at radius 3 is 1.36 bits per heavy atom. The number of carbonyl (C=O) groups excluding carboxylic acids is 10. The highest BCUT2D eigenvalue weighted by Gasteiger charge is 2.46. The molecule has 88 heavy (non-hydrogen) atoms. The minimum Gasteiger partial charge on any atom is -0.343 e. The van der Waals surface area contributed by atoms with E-state index >= 15 is 0 Å². The molecule has 0 aromatic carbocycles. The molecule has 3 saturated heterocycles. The molecule has 11 atom stereocenters. The lowest BCUT2D eigenvalue weighted by Crippen LogP contribution is -2.61. The van der Waals surface area contributed by atoms with Crippen molar-refractivity contribution in [3.63, 3.8) is 0 Å². The lowest BCUT2D eigenvalue weighted by molar-refractivity contribution is -0.148. The minimum atomic E-state index is -1.14. The molecule has 5 aliphatic rings. The fourth-order valence-corrected chi connectivity index (χ4v) is 15.3. The highest BCUT2D eigenvalue weighted by atomic mass is 32.1. The number of nitrogens with two attached hydrogens (primary N) is 2. The Bertz CT molecular complexity index is 2920. The second kappa shape index (κ2) is 31.6. The molecule has 2 aromatic rings. The van der Waals surface area contributed by atoms with Crippen molar-refractivity contribution < 1.29 is 47.9 Å². The molecule has 9 amide bonds. The van der Waals surface area contributed by atoms with Crippen LogP contribution in [0.1, 0.15) is 205 Å². The summed E-state index contributed by atoms with van der Waals surface area (Å²) >= 11 is 2.72. The van der Waals surface area contributed by atoms with Gasteiger partial charge in [0.2, 0.25) is 47.3 Å². The maximum Gasteiger partial charge on any atom is 0.262 e. The van der Waals surface area contributed by atoms with Gasteiger partial charge in [0.25, 0.3) is 5.91 Å². The molecular formula is C65H99N11O10S2. The summed E-state index contributed by atoms with van der Waals surface area (Å²) in [6, 6.07) is -5.42. The first-order chi connectivity index (χ1) is 41.9. The molecule has 486 valence electrons. The van der Waals surface area contributed by atoms with Crippen LogP contribution in [0.5, 0.6) is 0 Å². The van der Waals surface area contributed by atoms with Crippen LogP contribution < -0.4 is 43.4 Å². The van der Waals surface area contributed by atoms with E-state index in [0.29, 0.717) is 80.5 Å². The van der Waals surface area contributed by atoms with Gasteiger partial charge in [-0.3, -0.25) is 47.9 Å². The average molecular weight is 1260 g/mol. The maximum absolute atomic E-state index is 14.9. The third-order valence-electron chi connectivity index (χ3n) is 18.5. The van der Waals surface area contributed by atoms with Gasteiger partial charge in [0, 0.05) is 29.4 Å². The normalized spacial score (nSPS) is 27.0. The first-order valence-corrected chi connectivity index (χ1v) is 34.2. The Morgan fingerprint density at radius 2 is 0.898 bits per heavy atom. The van der Waals surface area contributed by atoms with E-state index in [9.17, 15) is 47.9 Å². The predicted molar refractivity (Wildman–Crippen MR) is 343 cm³/mol. The van der Waals surface area contributed by atoms with Gasteiger partial charge in [-0.15, -0.1) is 22.7 Å². The molecule has 0 radical (unpaired) electrons. The van der Waals surface area contributed by atoms with Gasteiger partial charge < -0.3 is 58.1 Å². The van der Waals surface area contributed by atoms with Crippen LogP contribution in [-0.2, 0) is 38.4 Å². The second-order valence-corrected chi connectivity index (χ2v) is 28.5. The highest BCUT2D eigenvalue weighted by molar-refractivity contribution is 7.14. The standard InChI is InChI=1S/C65H99N11O10S2/c1-11-37(7)54-61(82)68-45(21-14-26-66)57(78)70-47(31-35(3)4)63(84)74-28-16-23-49(74)56(77)52-33-43(39(9)87-52)41-19-13-20-42(41)44-34-53(88-40(44)10)60(81)73-55(38(8)12-2)62(83)69-46(22-15-27-67)58(79)71-48(32-36(5)6)64(85)76-30-18-25-51(76)65(86)75-29-17-24-50(75)59(80)72-54/h33-38,45-51,54-55H,11-32,66-67H2,1-10H3,(H,68,82)(H,69,83)(H,70,78)(H,71,79)(H,72,80)(H,73,81)/t37-,38-,45-,46-,47-,48-,49+,50-,51+,54-,55-/m0/s1. The van der Waals surface area contributed by atoms with Gasteiger partial charge >= 0.3 is 0 Å². The van der Waals surface area contributed by atoms with E-state index in [1.807, 2.05) is 81.4 Å². The number of hydrogen-bond acceptors (Lipinski definition) is 14. The molecule has 2 aromatic heterocycles. The van der Waals surface area contributed by atoms with E-state index in [0.717, 1.165) is 51.3 Å². The average Bonchev–Trinajstić information content (AvgIpc) is 4.56. The third kappa shape index (κ3) is 16.5. The van der Waals surface area contributed by atoms with Crippen LogP contribution in [0, 0.1) is 37.5 Å². The molecule has 21 nitrogen and oxygen atoms in total. The highest BCUT2D eigenvalue weighted by Crippen LogP contribution is 2.45. The largest absolute Gasteiger partial charge is 0.343 e. The van der Waals surface area contributed by atoms with E-state index < -0.39 is 108 Å². The number of ketones is 1. The van der Waals surface area contributed by atoms with Gasteiger partial charge in [0.1, 0.15) is 48.3 Å². The summed E-state index contributed by atoms with van der Waals surface area (Å²) in [7, 11) is 0. The summed E-state index contributed by atoms with van der Waals surface area (Å²) in [5.41, 5.74) is 16.0. The Hall–Kier alpha value is -6.04. The predicted octanol–water partition coefficient (Wildman–Crippen LogP) is 5.88. The lowest BCUT2D eigenvalue weighted by Gasteiger charge is -2.34. The Morgan fingerprint density at radius 1 is 0.489 bits per heavy atom. The van der Waals surface area contributed by atoms with Gasteiger partial charge in [-0.25, -0.2) is 0 Å². The summed E-state index contributed by atoms with van der Waals surface area (Å²) in [5.74, 6) is -5.73. The van der Waals surface area contributed by atoms with Gasteiger partial charge in [0.05, 0.1) is 15.8 Å². The van der Waals surface area contributed by atoms with Crippen molar-refractivity contribution in [2.45, 2.75) is 233 Å². The van der Waals surface area contributed by atoms with Crippen molar-refractivity contribution in [3.8, 4) is 0 Å². The van der Waals surface area contributed by atoms with Crippen molar-refractivity contribution in [1.29, 1.82) is 0 Å². The number of nitrogens with one attached hydrogen (secondary N) is 6. The van der Waals surface area contributed by atoms with Crippen LogP contribution in [0.4, 0.5) is 0 Å². The maximum atomic E-state index is 14.9. The number of thiophene rings is 2. The number of allylic oxidation sites excluding steroid dienone is 2. The van der Waals surface area contributed by atoms with Crippen LogP contribution in [0.25, 0.3) is 11.1 Å². The van der Waals surface area contributed by atoms with Gasteiger partial charge in [-0.05, 0) is 181 Å². The summed E-state index contributed by atoms with van der Waals surface area (Å²) in [4.78, 5) is 154. The smallest absolute Gasteiger partial charge is 0.262 e. The van der Waals surface area contributed by atoms with E-state index in [-0.39, 0.29) is 81.3 Å². The summed E-state index contributed by atoms with van der Waals surface area (Å²) < 4.78 is 0. The van der Waals surface area contributed by atoms with E-state index in [4.69, 9.17) is 11.5 Å².